The van der Waals surface area contributed by atoms with Crippen molar-refractivity contribution in [1.82, 2.24) is 0 Å². The van der Waals surface area contributed by atoms with Gasteiger partial charge in [-0.05, 0) is 23.8 Å². The number of ether oxygens (including phenoxy) is 1. The van der Waals surface area contributed by atoms with E-state index in [9.17, 15) is 4.79 Å². The van der Waals surface area contributed by atoms with E-state index in [0.717, 1.165) is 15.4 Å². The average molecular weight is 331 g/mol. The van der Waals surface area contributed by atoms with Crippen LogP contribution in [0.15, 0.2) is 62.2 Å². The van der Waals surface area contributed by atoms with Crippen molar-refractivity contribution in [2.75, 3.05) is 7.11 Å². The highest BCUT2D eigenvalue weighted by atomic mass is 79.9. The van der Waals surface area contributed by atoms with Crippen LogP contribution in [-0.4, -0.2) is 7.11 Å². The first-order valence-electron chi connectivity index (χ1n) is 6.06. The average Bonchev–Trinajstić information content (AvgIpc) is 2.47. The first-order chi connectivity index (χ1) is 9.69. The Hall–Kier alpha value is -2.07. The van der Waals surface area contributed by atoms with Gasteiger partial charge in [-0.2, -0.15) is 0 Å². The van der Waals surface area contributed by atoms with E-state index < -0.39 is 0 Å². The summed E-state index contributed by atoms with van der Waals surface area (Å²) in [5.41, 5.74) is 1.46. The van der Waals surface area contributed by atoms with E-state index >= 15 is 0 Å². The van der Waals surface area contributed by atoms with E-state index in [2.05, 4.69) is 15.9 Å². The van der Waals surface area contributed by atoms with Crippen LogP contribution in [0.1, 0.15) is 0 Å². The topological polar surface area (TPSA) is 39.4 Å². The highest BCUT2D eigenvalue weighted by Gasteiger charge is 2.11. The number of hydrogen-bond donors (Lipinski definition) is 0. The molecule has 100 valence electrons. The van der Waals surface area contributed by atoms with E-state index in [1.807, 2.05) is 42.5 Å². The van der Waals surface area contributed by atoms with Gasteiger partial charge in [-0.15, -0.1) is 0 Å². The number of benzene rings is 2. The minimum Gasteiger partial charge on any atom is -0.493 e. The molecule has 0 amide bonds. The molecule has 0 bridgehead atoms. The maximum atomic E-state index is 12.2. The van der Waals surface area contributed by atoms with Gasteiger partial charge >= 0.3 is 5.63 Å². The molecule has 1 heterocycles. The first-order valence-corrected chi connectivity index (χ1v) is 6.85. The summed E-state index contributed by atoms with van der Waals surface area (Å²) in [4.78, 5) is 12.2. The Bertz CT molecular complexity index is 822. The third-order valence-electron chi connectivity index (χ3n) is 3.07. The normalized spacial score (nSPS) is 10.7. The van der Waals surface area contributed by atoms with Crippen molar-refractivity contribution < 1.29 is 9.15 Å². The Labute approximate surface area is 123 Å². The Morgan fingerprint density at radius 3 is 2.55 bits per heavy atom. The first kappa shape index (κ1) is 12.9. The van der Waals surface area contributed by atoms with Gasteiger partial charge in [-0.1, -0.05) is 46.3 Å². The van der Waals surface area contributed by atoms with Crippen molar-refractivity contribution in [2.24, 2.45) is 0 Å². The number of methoxy groups -OCH3 is 1. The fraction of sp³-hybridized carbons (Fsp3) is 0.0625. The maximum absolute atomic E-state index is 12.2. The Balaban J connectivity index is 2.32. The zero-order valence-corrected chi connectivity index (χ0v) is 12.3. The summed E-state index contributed by atoms with van der Waals surface area (Å²) in [6.07, 6.45) is 0. The van der Waals surface area contributed by atoms with Gasteiger partial charge in [0.2, 0.25) is 0 Å². The van der Waals surface area contributed by atoms with Crippen LogP contribution in [0.5, 0.6) is 5.75 Å². The molecule has 0 radical (unpaired) electrons. The van der Waals surface area contributed by atoms with Gasteiger partial charge in [0.1, 0.15) is 0 Å². The summed E-state index contributed by atoms with van der Waals surface area (Å²) in [7, 11) is 1.55. The summed E-state index contributed by atoms with van der Waals surface area (Å²) in [6, 6.07) is 14.9. The summed E-state index contributed by atoms with van der Waals surface area (Å²) in [5.74, 6) is 0.533. The summed E-state index contributed by atoms with van der Waals surface area (Å²) >= 11 is 3.42. The molecule has 0 saturated carbocycles. The SMILES string of the molecule is COc1cc(Br)cc2cc(-c3ccccc3)c(=O)oc12. The largest absolute Gasteiger partial charge is 0.493 e. The van der Waals surface area contributed by atoms with Crippen molar-refractivity contribution in [2.45, 2.75) is 0 Å². The highest BCUT2D eigenvalue weighted by molar-refractivity contribution is 9.10. The smallest absolute Gasteiger partial charge is 0.344 e. The van der Waals surface area contributed by atoms with E-state index in [1.54, 1.807) is 13.2 Å². The van der Waals surface area contributed by atoms with Crippen LogP contribution in [0.2, 0.25) is 0 Å². The van der Waals surface area contributed by atoms with E-state index in [-0.39, 0.29) is 5.63 Å². The lowest BCUT2D eigenvalue weighted by molar-refractivity contribution is 0.406. The van der Waals surface area contributed by atoms with Crippen molar-refractivity contribution in [1.29, 1.82) is 0 Å². The standard InChI is InChI=1S/C16H11BrO3/c1-19-14-9-12(17)7-11-8-13(16(18)20-15(11)14)10-5-3-2-4-6-10/h2-9H,1H3. The minimum atomic E-state index is -0.371. The molecule has 3 aromatic rings. The molecular formula is C16H11BrO3. The number of rotatable bonds is 2. The molecule has 0 fully saturated rings. The third-order valence-corrected chi connectivity index (χ3v) is 3.53. The lowest BCUT2D eigenvalue weighted by Crippen LogP contribution is -2.03. The molecular weight excluding hydrogens is 320 g/mol. The zero-order chi connectivity index (χ0) is 14.1. The van der Waals surface area contributed by atoms with Crippen LogP contribution in [0.25, 0.3) is 22.1 Å². The van der Waals surface area contributed by atoms with Gasteiger partial charge in [0.25, 0.3) is 0 Å². The molecule has 0 spiro atoms. The molecule has 0 aliphatic carbocycles. The van der Waals surface area contributed by atoms with Crippen LogP contribution >= 0.6 is 15.9 Å². The van der Waals surface area contributed by atoms with Gasteiger partial charge in [-0.3, -0.25) is 0 Å². The molecule has 0 N–H and O–H groups in total. The summed E-state index contributed by atoms with van der Waals surface area (Å²) in [6.45, 7) is 0. The van der Waals surface area contributed by atoms with Gasteiger partial charge in [0, 0.05) is 9.86 Å². The minimum absolute atomic E-state index is 0.371. The molecule has 0 aliphatic heterocycles. The van der Waals surface area contributed by atoms with Crippen LogP contribution in [0.3, 0.4) is 0 Å². The van der Waals surface area contributed by atoms with Crippen LogP contribution in [0, 0.1) is 0 Å². The van der Waals surface area contributed by atoms with Gasteiger partial charge in [0.15, 0.2) is 11.3 Å². The summed E-state index contributed by atoms with van der Waals surface area (Å²) in [5, 5.41) is 0.815. The maximum Gasteiger partial charge on any atom is 0.344 e. The molecule has 0 atom stereocenters. The molecule has 0 unspecified atom stereocenters. The molecule has 1 aromatic heterocycles. The van der Waals surface area contributed by atoms with E-state index in [1.165, 1.54) is 0 Å². The number of hydrogen-bond acceptors (Lipinski definition) is 3. The molecule has 3 nitrogen and oxygen atoms in total. The van der Waals surface area contributed by atoms with Gasteiger partial charge in [0.05, 0.1) is 12.7 Å². The Morgan fingerprint density at radius 1 is 1.10 bits per heavy atom. The molecule has 4 heteroatoms. The number of halogens is 1. The Morgan fingerprint density at radius 2 is 1.85 bits per heavy atom. The second kappa shape index (κ2) is 5.13. The lowest BCUT2D eigenvalue weighted by Gasteiger charge is -2.07. The quantitative estimate of drug-likeness (QED) is 0.660. The van der Waals surface area contributed by atoms with Gasteiger partial charge in [-0.25, -0.2) is 4.79 Å². The fourth-order valence-corrected chi connectivity index (χ4v) is 2.59. The van der Waals surface area contributed by atoms with E-state index in [4.69, 9.17) is 9.15 Å². The predicted octanol–water partition coefficient (Wildman–Crippen LogP) is 4.23. The third kappa shape index (κ3) is 2.23. The molecule has 3 rings (SSSR count). The molecule has 2 aromatic carbocycles. The van der Waals surface area contributed by atoms with E-state index in [0.29, 0.717) is 16.9 Å². The van der Waals surface area contributed by atoms with Crippen molar-refractivity contribution in [3.05, 3.63) is 63.4 Å². The zero-order valence-electron chi connectivity index (χ0n) is 10.7. The van der Waals surface area contributed by atoms with Crippen molar-refractivity contribution in [3.63, 3.8) is 0 Å². The van der Waals surface area contributed by atoms with Crippen molar-refractivity contribution >= 4 is 26.9 Å². The second-order valence-electron chi connectivity index (χ2n) is 4.34. The predicted molar refractivity (Wildman–Crippen MR) is 82.2 cm³/mol. The number of fused-ring (bicyclic) bond motifs is 1. The summed E-state index contributed by atoms with van der Waals surface area (Å²) < 4.78 is 11.5. The van der Waals surface area contributed by atoms with Crippen LogP contribution in [-0.2, 0) is 0 Å². The second-order valence-corrected chi connectivity index (χ2v) is 5.26. The fourth-order valence-electron chi connectivity index (χ4n) is 2.14. The van der Waals surface area contributed by atoms with Crippen LogP contribution < -0.4 is 10.4 Å². The molecule has 0 aliphatic rings. The Kier molecular flexibility index (Phi) is 3.32. The van der Waals surface area contributed by atoms with Gasteiger partial charge < -0.3 is 9.15 Å². The van der Waals surface area contributed by atoms with Crippen LogP contribution in [0.4, 0.5) is 0 Å². The highest BCUT2D eigenvalue weighted by Crippen LogP contribution is 2.31. The molecule has 20 heavy (non-hydrogen) atoms. The lowest BCUT2D eigenvalue weighted by atomic mass is 10.1. The molecule has 0 saturated heterocycles. The monoisotopic (exact) mass is 330 g/mol. The van der Waals surface area contributed by atoms with Crippen molar-refractivity contribution in [3.8, 4) is 16.9 Å².